The average molecular weight is 388 g/mol. The van der Waals surface area contributed by atoms with Crippen LogP contribution in [0.5, 0.6) is 0 Å². The van der Waals surface area contributed by atoms with E-state index in [9.17, 15) is 4.79 Å². The summed E-state index contributed by atoms with van der Waals surface area (Å²) in [6.45, 7) is 11.0. The third kappa shape index (κ3) is 6.03. The smallest absolute Gasteiger partial charge is 0.224 e. The van der Waals surface area contributed by atoms with Crippen LogP contribution in [0.4, 0.5) is 0 Å². The maximum Gasteiger partial charge on any atom is 0.224 e. The van der Waals surface area contributed by atoms with Crippen LogP contribution >= 0.6 is 0 Å². The van der Waals surface area contributed by atoms with Gasteiger partial charge in [0.1, 0.15) is 0 Å². The van der Waals surface area contributed by atoms with E-state index in [1.54, 1.807) is 7.11 Å². The van der Waals surface area contributed by atoms with E-state index in [2.05, 4.69) is 47.2 Å². The average Bonchev–Trinajstić information content (AvgIpc) is 2.68. The van der Waals surface area contributed by atoms with Crippen LogP contribution in [0.15, 0.2) is 18.2 Å². The molecule has 1 aromatic rings. The van der Waals surface area contributed by atoms with Gasteiger partial charge in [0.2, 0.25) is 5.91 Å². The molecule has 1 unspecified atom stereocenters. The van der Waals surface area contributed by atoms with E-state index in [0.717, 1.165) is 45.6 Å². The predicted molar refractivity (Wildman–Crippen MR) is 113 cm³/mol. The largest absolute Gasteiger partial charge is 0.383 e. The van der Waals surface area contributed by atoms with Gasteiger partial charge in [-0.15, -0.1) is 0 Å². The van der Waals surface area contributed by atoms with Crippen molar-refractivity contribution in [2.75, 3.05) is 46.4 Å². The zero-order valence-electron chi connectivity index (χ0n) is 17.9. The highest BCUT2D eigenvalue weighted by molar-refractivity contribution is 5.78. The van der Waals surface area contributed by atoms with Crippen molar-refractivity contribution < 1.29 is 9.53 Å². The molecule has 5 nitrogen and oxygen atoms in total. The number of aryl methyl sites for hydroxylation is 2. The summed E-state index contributed by atoms with van der Waals surface area (Å²) in [6.07, 6.45) is 4.57. The summed E-state index contributed by atoms with van der Waals surface area (Å²) in [5, 5.41) is 3.02. The number of amides is 1. The first-order chi connectivity index (χ1) is 13.5. The Balaban J connectivity index is 1.45. The van der Waals surface area contributed by atoms with Crippen LogP contribution in [0.3, 0.4) is 0 Å². The summed E-state index contributed by atoms with van der Waals surface area (Å²) in [7, 11) is 1.67. The van der Waals surface area contributed by atoms with Crippen LogP contribution in [-0.4, -0.2) is 68.2 Å². The number of hydrogen-bond donors (Lipinski definition) is 1. The molecule has 2 fully saturated rings. The monoisotopic (exact) mass is 387 g/mol. The van der Waals surface area contributed by atoms with Crippen LogP contribution in [0.25, 0.3) is 0 Å². The SMILES string of the molecule is COCCNC(=O)C1CCCN(C2CCN(Cc3cc(C)cc(C)c3)CC2)C1. The van der Waals surface area contributed by atoms with Gasteiger partial charge in [0.25, 0.3) is 0 Å². The van der Waals surface area contributed by atoms with Crippen molar-refractivity contribution in [3.05, 3.63) is 34.9 Å². The van der Waals surface area contributed by atoms with Gasteiger partial charge in [-0.05, 0) is 64.7 Å². The van der Waals surface area contributed by atoms with Gasteiger partial charge in [-0.25, -0.2) is 0 Å². The highest BCUT2D eigenvalue weighted by Gasteiger charge is 2.31. The minimum Gasteiger partial charge on any atom is -0.383 e. The summed E-state index contributed by atoms with van der Waals surface area (Å²) in [4.78, 5) is 17.6. The molecule has 0 spiro atoms. The molecule has 2 aliphatic heterocycles. The van der Waals surface area contributed by atoms with Crippen LogP contribution < -0.4 is 5.32 Å². The molecule has 3 rings (SSSR count). The molecule has 1 aromatic carbocycles. The van der Waals surface area contributed by atoms with E-state index < -0.39 is 0 Å². The van der Waals surface area contributed by atoms with Gasteiger partial charge in [-0.3, -0.25) is 14.6 Å². The fraction of sp³-hybridized carbons (Fsp3) is 0.696. The molecule has 5 heteroatoms. The van der Waals surface area contributed by atoms with Gasteiger partial charge in [0.05, 0.1) is 12.5 Å². The minimum atomic E-state index is 0.138. The molecule has 0 saturated carbocycles. The van der Waals surface area contributed by atoms with Crippen molar-refractivity contribution in [1.82, 2.24) is 15.1 Å². The lowest BCUT2D eigenvalue weighted by atomic mass is 9.93. The van der Waals surface area contributed by atoms with Gasteiger partial charge in [-0.1, -0.05) is 29.3 Å². The zero-order valence-corrected chi connectivity index (χ0v) is 17.9. The number of piperidine rings is 2. The molecule has 1 atom stereocenters. The molecule has 2 heterocycles. The van der Waals surface area contributed by atoms with E-state index in [1.165, 1.54) is 29.5 Å². The molecular weight excluding hydrogens is 350 g/mol. The van der Waals surface area contributed by atoms with Crippen LogP contribution in [0.2, 0.25) is 0 Å². The predicted octanol–water partition coefficient (Wildman–Crippen LogP) is 2.74. The normalized spacial score (nSPS) is 22.3. The number of carbonyl (C=O) groups excluding carboxylic acids is 1. The Kier molecular flexibility index (Phi) is 7.89. The van der Waals surface area contributed by atoms with Gasteiger partial charge >= 0.3 is 0 Å². The maximum atomic E-state index is 12.4. The summed E-state index contributed by atoms with van der Waals surface area (Å²) >= 11 is 0. The Hall–Kier alpha value is -1.43. The molecular formula is C23H37N3O2. The number of carbonyl (C=O) groups is 1. The van der Waals surface area contributed by atoms with E-state index in [4.69, 9.17) is 4.74 Å². The van der Waals surface area contributed by atoms with Crippen molar-refractivity contribution in [2.24, 2.45) is 5.92 Å². The molecule has 0 radical (unpaired) electrons. The summed E-state index contributed by atoms with van der Waals surface area (Å²) < 4.78 is 5.03. The maximum absolute atomic E-state index is 12.4. The summed E-state index contributed by atoms with van der Waals surface area (Å²) in [5.41, 5.74) is 4.14. The quantitative estimate of drug-likeness (QED) is 0.731. The Labute approximate surface area is 170 Å². The number of likely N-dealkylation sites (tertiary alicyclic amines) is 2. The fourth-order valence-corrected chi connectivity index (χ4v) is 4.83. The van der Waals surface area contributed by atoms with Gasteiger partial charge in [0.15, 0.2) is 0 Å². The Morgan fingerprint density at radius 2 is 1.82 bits per heavy atom. The number of hydrogen-bond acceptors (Lipinski definition) is 4. The van der Waals surface area contributed by atoms with Gasteiger partial charge < -0.3 is 10.1 Å². The van der Waals surface area contributed by atoms with Crippen LogP contribution in [-0.2, 0) is 16.1 Å². The van der Waals surface area contributed by atoms with E-state index in [0.29, 0.717) is 19.2 Å². The number of rotatable bonds is 7. The number of benzene rings is 1. The Bertz CT molecular complexity index is 620. The van der Waals surface area contributed by atoms with Crippen molar-refractivity contribution in [2.45, 2.75) is 52.1 Å². The number of nitrogens with one attached hydrogen (secondary N) is 1. The molecule has 0 aliphatic carbocycles. The zero-order chi connectivity index (χ0) is 19.9. The molecule has 1 amide bonds. The van der Waals surface area contributed by atoms with Crippen LogP contribution in [0, 0.1) is 19.8 Å². The molecule has 0 aromatic heterocycles. The number of methoxy groups -OCH3 is 1. The highest BCUT2D eigenvalue weighted by Crippen LogP contribution is 2.25. The summed E-state index contributed by atoms with van der Waals surface area (Å²) in [5.74, 6) is 0.341. The first kappa shape index (κ1) is 21.3. The lowest BCUT2D eigenvalue weighted by molar-refractivity contribution is -0.127. The molecule has 0 bridgehead atoms. The third-order valence-corrected chi connectivity index (χ3v) is 6.19. The first-order valence-electron chi connectivity index (χ1n) is 10.9. The van der Waals surface area contributed by atoms with Gasteiger partial charge in [0, 0.05) is 32.8 Å². The lowest BCUT2D eigenvalue weighted by Gasteiger charge is -2.42. The third-order valence-electron chi connectivity index (χ3n) is 6.19. The standard InChI is InChI=1S/C23H37N3O2/c1-18-13-19(2)15-20(14-18)16-25-10-6-22(7-11-25)26-9-4-5-21(17-26)23(27)24-8-12-28-3/h13-15,21-22H,4-12,16-17H2,1-3H3,(H,24,27). The molecule has 28 heavy (non-hydrogen) atoms. The fourth-order valence-electron chi connectivity index (χ4n) is 4.83. The molecule has 2 aliphatic rings. The molecule has 2 saturated heterocycles. The summed E-state index contributed by atoms with van der Waals surface area (Å²) in [6, 6.07) is 7.51. The van der Waals surface area contributed by atoms with Crippen molar-refractivity contribution in [3.8, 4) is 0 Å². The van der Waals surface area contributed by atoms with Crippen molar-refractivity contribution in [1.29, 1.82) is 0 Å². The Morgan fingerprint density at radius 1 is 1.11 bits per heavy atom. The highest BCUT2D eigenvalue weighted by atomic mass is 16.5. The van der Waals surface area contributed by atoms with Crippen molar-refractivity contribution >= 4 is 5.91 Å². The topological polar surface area (TPSA) is 44.8 Å². The molecule has 1 N–H and O–H groups in total. The number of nitrogens with zero attached hydrogens (tertiary/aromatic N) is 2. The first-order valence-corrected chi connectivity index (χ1v) is 10.9. The van der Waals surface area contributed by atoms with E-state index >= 15 is 0 Å². The second-order valence-corrected chi connectivity index (χ2v) is 8.62. The van der Waals surface area contributed by atoms with Crippen molar-refractivity contribution in [3.63, 3.8) is 0 Å². The lowest BCUT2D eigenvalue weighted by Crippen LogP contribution is -2.50. The second kappa shape index (κ2) is 10.4. The minimum absolute atomic E-state index is 0.138. The van der Waals surface area contributed by atoms with Crippen LogP contribution in [0.1, 0.15) is 42.4 Å². The second-order valence-electron chi connectivity index (χ2n) is 8.62. The van der Waals surface area contributed by atoms with Gasteiger partial charge in [-0.2, -0.15) is 0 Å². The molecule has 156 valence electrons. The number of ether oxygens (including phenoxy) is 1. The van der Waals surface area contributed by atoms with E-state index in [1.807, 2.05) is 0 Å². The van der Waals surface area contributed by atoms with E-state index in [-0.39, 0.29) is 11.8 Å². The Morgan fingerprint density at radius 3 is 2.50 bits per heavy atom.